The number of hydrogen-bond acceptors (Lipinski definition) is 2. The van der Waals surface area contributed by atoms with E-state index in [0.717, 1.165) is 77.9 Å². The van der Waals surface area contributed by atoms with E-state index in [9.17, 15) is 5.26 Å². The van der Waals surface area contributed by atoms with Crippen molar-refractivity contribution in [3.05, 3.63) is 188 Å². The molecular weight excluding hydrogens is 633 g/mol. The summed E-state index contributed by atoms with van der Waals surface area (Å²) in [6.07, 6.45) is 0. The molecule has 0 radical (unpaired) electrons. The Kier molecular flexibility index (Phi) is 6.84. The zero-order chi connectivity index (χ0) is 34.6. The maximum Gasteiger partial charge on any atom is 0.0991 e. The fraction of sp³-hybridized carbons (Fsp3) is 0. The van der Waals surface area contributed by atoms with Gasteiger partial charge in [0.15, 0.2) is 0 Å². The Bertz CT molecular complexity index is 2930. The van der Waals surface area contributed by atoms with Crippen molar-refractivity contribution in [2.24, 2.45) is 0 Å². The van der Waals surface area contributed by atoms with Gasteiger partial charge in [0.05, 0.1) is 45.1 Å². The summed E-state index contributed by atoms with van der Waals surface area (Å²) in [5.41, 5.74) is 13.6. The number of rotatable bonds is 5. The molecule has 0 saturated carbocycles. The van der Waals surface area contributed by atoms with Gasteiger partial charge >= 0.3 is 0 Å². The second-order valence-electron chi connectivity index (χ2n) is 13.1. The lowest BCUT2D eigenvalue weighted by Gasteiger charge is -2.13. The van der Waals surface area contributed by atoms with Crippen LogP contribution in [0.3, 0.4) is 0 Å². The number of aromatic nitrogens is 3. The molecule has 0 bridgehead atoms. The summed E-state index contributed by atoms with van der Waals surface area (Å²) in [6.45, 7) is 0. The standard InChI is InChI=1S/C48H30N4/c49-31-32-20-26-45-41(28-32)39-25-27-46-47(40-18-10-11-19-44(40)51(46)37-16-8-3-9-17-37)48(39)52(45)38-23-21-33(22-24-38)36-29-42(34-12-4-1-5-13-34)50-43(30-36)35-14-6-2-7-15-35/h1-30H. The van der Waals surface area contributed by atoms with E-state index in [4.69, 9.17) is 4.98 Å². The lowest BCUT2D eigenvalue weighted by atomic mass is 10.00. The third kappa shape index (κ3) is 4.72. The minimum Gasteiger partial charge on any atom is -0.309 e. The van der Waals surface area contributed by atoms with E-state index in [1.165, 1.54) is 10.8 Å². The van der Waals surface area contributed by atoms with Crippen LogP contribution in [0, 0.1) is 11.3 Å². The van der Waals surface area contributed by atoms with Crippen LogP contribution in [0.2, 0.25) is 0 Å². The molecule has 4 nitrogen and oxygen atoms in total. The maximum atomic E-state index is 9.89. The molecule has 7 aromatic carbocycles. The first-order valence-corrected chi connectivity index (χ1v) is 17.4. The highest BCUT2D eigenvalue weighted by Gasteiger charge is 2.21. The van der Waals surface area contributed by atoms with Crippen molar-refractivity contribution in [3.63, 3.8) is 0 Å². The number of pyridine rings is 1. The molecule has 0 aliphatic heterocycles. The third-order valence-corrected chi connectivity index (χ3v) is 10.1. The van der Waals surface area contributed by atoms with Crippen LogP contribution in [0.5, 0.6) is 0 Å². The molecule has 0 N–H and O–H groups in total. The summed E-state index contributed by atoms with van der Waals surface area (Å²) < 4.78 is 4.73. The van der Waals surface area contributed by atoms with Gasteiger partial charge in [0.2, 0.25) is 0 Å². The zero-order valence-electron chi connectivity index (χ0n) is 28.1. The van der Waals surface area contributed by atoms with Gasteiger partial charge < -0.3 is 9.13 Å². The molecule has 10 aromatic rings. The highest BCUT2D eigenvalue weighted by molar-refractivity contribution is 6.26. The molecule has 0 spiro atoms. The largest absolute Gasteiger partial charge is 0.309 e. The Morgan fingerprint density at radius 3 is 1.65 bits per heavy atom. The summed E-state index contributed by atoms with van der Waals surface area (Å²) in [4.78, 5) is 5.09. The zero-order valence-corrected chi connectivity index (χ0v) is 28.1. The van der Waals surface area contributed by atoms with Crippen LogP contribution in [0.4, 0.5) is 0 Å². The number of nitrogens with zero attached hydrogens (tertiary/aromatic N) is 4. The van der Waals surface area contributed by atoms with Crippen LogP contribution >= 0.6 is 0 Å². The monoisotopic (exact) mass is 662 g/mol. The molecule has 0 aliphatic carbocycles. The molecule has 242 valence electrons. The molecule has 4 heteroatoms. The normalized spacial score (nSPS) is 11.4. The molecule has 0 unspecified atom stereocenters. The second kappa shape index (κ2) is 12.0. The Labute approximate surface area is 300 Å². The lowest BCUT2D eigenvalue weighted by molar-refractivity contribution is 1.17. The van der Waals surface area contributed by atoms with E-state index < -0.39 is 0 Å². The van der Waals surface area contributed by atoms with E-state index in [-0.39, 0.29) is 0 Å². The van der Waals surface area contributed by atoms with Crippen molar-refractivity contribution in [3.8, 4) is 51.1 Å². The van der Waals surface area contributed by atoms with Gasteiger partial charge in [-0.3, -0.25) is 0 Å². The first-order chi connectivity index (χ1) is 25.7. The topological polar surface area (TPSA) is 46.5 Å². The summed E-state index contributed by atoms with van der Waals surface area (Å²) in [5.74, 6) is 0. The molecule has 3 heterocycles. The number of benzene rings is 7. The predicted octanol–water partition coefficient (Wildman–Crippen LogP) is 12.1. The number of para-hydroxylation sites is 2. The van der Waals surface area contributed by atoms with Crippen LogP contribution in [0.25, 0.3) is 88.6 Å². The molecule has 0 fully saturated rings. The Morgan fingerprint density at radius 2 is 0.981 bits per heavy atom. The van der Waals surface area contributed by atoms with Crippen LogP contribution in [-0.2, 0) is 0 Å². The molecule has 0 saturated heterocycles. The average molecular weight is 663 g/mol. The summed E-state index contributed by atoms with van der Waals surface area (Å²) in [5, 5.41) is 14.4. The van der Waals surface area contributed by atoms with Gasteiger partial charge in [-0.1, -0.05) is 115 Å². The quantitative estimate of drug-likeness (QED) is 0.184. The first kappa shape index (κ1) is 29.7. The fourth-order valence-electron chi connectivity index (χ4n) is 7.77. The summed E-state index contributed by atoms with van der Waals surface area (Å²) in [7, 11) is 0. The molecule has 0 atom stereocenters. The van der Waals surface area contributed by atoms with Gasteiger partial charge in [-0.05, 0) is 77.9 Å². The first-order valence-electron chi connectivity index (χ1n) is 17.4. The van der Waals surface area contributed by atoms with Crippen molar-refractivity contribution < 1.29 is 0 Å². The SMILES string of the molecule is N#Cc1ccc2c(c1)c1ccc3c(c4ccccc4n3-c3ccccc3)c1n2-c1ccc(-c2cc(-c3ccccc3)nc(-c3ccccc3)c2)cc1. The molecule has 0 aliphatic rings. The van der Waals surface area contributed by atoms with Gasteiger partial charge in [-0.2, -0.15) is 5.26 Å². The fourth-order valence-corrected chi connectivity index (χ4v) is 7.77. The minimum atomic E-state index is 0.648. The van der Waals surface area contributed by atoms with E-state index in [1.807, 2.05) is 24.3 Å². The maximum absolute atomic E-state index is 9.89. The molecule has 52 heavy (non-hydrogen) atoms. The molecule has 10 rings (SSSR count). The van der Waals surface area contributed by atoms with Gasteiger partial charge in [-0.15, -0.1) is 0 Å². The summed E-state index contributed by atoms with van der Waals surface area (Å²) in [6, 6.07) is 66.0. The van der Waals surface area contributed by atoms with Gasteiger partial charge in [-0.25, -0.2) is 4.98 Å². The van der Waals surface area contributed by atoms with Crippen LogP contribution in [-0.4, -0.2) is 14.1 Å². The lowest BCUT2D eigenvalue weighted by Crippen LogP contribution is -1.96. The predicted molar refractivity (Wildman–Crippen MR) is 214 cm³/mol. The molecule has 0 amide bonds. The van der Waals surface area contributed by atoms with E-state index >= 15 is 0 Å². The van der Waals surface area contributed by atoms with Gasteiger partial charge in [0, 0.05) is 44.0 Å². The molecular formula is C48H30N4. The Hall–Kier alpha value is -7.22. The number of nitriles is 1. The van der Waals surface area contributed by atoms with Crippen molar-refractivity contribution >= 4 is 43.6 Å². The van der Waals surface area contributed by atoms with Crippen molar-refractivity contribution in [1.82, 2.24) is 14.1 Å². The van der Waals surface area contributed by atoms with Gasteiger partial charge in [0.1, 0.15) is 0 Å². The van der Waals surface area contributed by atoms with Gasteiger partial charge in [0.25, 0.3) is 0 Å². The van der Waals surface area contributed by atoms with Crippen molar-refractivity contribution in [2.45, 2.75) is 0 Å². The number of fused-ring (bicyclic) bond motifs is 7. The van der Waals surface area contributed by atoms with Crippen molar-refractivity contribution in [2.75, 3.05) is 0 Å². The average Bonchev–Trinajstić information content (AvgIpc) is 3.74. The second-order valence-corrected chi connectivity index (χ2v) is 13.1. The smallest absolute Gasteiger partial charge is 0.0991 e. The summed E-state index contributed by atoms with van der Waals surface area (Å²) >= 11 is 0. The van der Waals surface area contributed by atoms with E-state index in [1.54, 1.807) is 0 Å². The van der Waals surface area contributed by atoms with Crippen molar-refractivity contribution in [1.29, 1.82) is 5.26 Å². The highest BCUT2D eigenvalue weighted by Crippen LogP contribution is 2.42. The number of hydrogen-bond donors (Lipinski definition) is 0. The van der Waals surface area contributed by atoms with E-state index in [2.05, 4.69) is 173 Å². The third-order valence-electron chi connectivity index (χ3n) is 10.1. The van der Waals surface area contributed by atoms with Crippen LogP contribution in [0.1, 0.15) is 5.56 Å². The van der Waals surface area contributed by atoms with Crippen LogP contribution < -0.4 is 0 Å². The van der Waals surface area contributed by atoms with E-state index in [0.29, 0.717) is 5.56 Å². The molecule has 3 aromatic heterocycles. The Balaban J connectivity index is 1.21. The highest BCUT2D eigenvalue weighted by atomic mass is 15.0. The Morgan fingerprint density at radius 1 is 0.404 bits per heavy atom. The van der Waals surface area contributed by atoms with Crippen LogP contribution in [0.15, 0.2) is 182 Å². The minimum absolute atomic E-state index is 0.648.